The molecule has 16 aromatic rings. The molecule has 16 rings (SSSR count). The third-order valence-corrected chi connectivity index (χ3v) is 24.1. The van der Waals surface area contributed by atoms with Gasteiger partial charge in [0.25, 0.3) is 33.0 Å². The molecular weight excluding hydrogens is 1900 g/mol. The summed E-state index contributed by atoms with van der Waals surface area (Å²) in [6, 6.07) is 82.0. The largest absolute Gasteiger partial charge is 0.477 e. The van der Waals surface area contributed by atoms with Gasteiger partial charge in [0.05, 0.1) is 88.9 Å². The molecule has 766 valence electrons. The molecule has 33 heteroatoms. The van der Waals surface area contributed by atoms with Crippen LogP contribution in [-0.2, 0) is 75.0 Å². The number of carbonyl (C=O) groups is 5. The number of aromatic amines is 2. The molecule has 10 aromatic carbocycles. The number of benzene rings is 10. The van der Waals surface area contributed by atoms with E-state index in [4.69, 9.17) is 31.9 Å². The summed E-state index contributed by atoms with van der Waals surface area (Å²) in [4.78, 5) is 194. The Labute approximate surface area is 857 Å². The van der Waals surface area contributed by atoms with Crippen molar-refractivity contribution in [3.8, 4) is 0 Å². The highest BCUT2D eigenvalue weighted by Crippen LogP contribution is 2.21. The molecule has 0 aliphatic carbocycles. The number of nitrogens with one attached hydrogen (secondary N) is 2. The van der Waals surface area contributed by atoms with Gasteiger partial charge in [0.2, 0.25) is 5.95 Å². The molecule has 6 heterocycles. The fourth-order valence-electron chi connectivity index (χ4n) is 15.3. The first-order valence-corrected chi connectivity index (χ1v) is 48.6. The summed E-state index contributed by atoms with van der Waals surface area (Å²) in [6.45, 7) is 24.0. The Balaban J connectivity index is 0.000000176. The zero-order chi connectivity index (χ0) is 107. The van der Waals surface area contributed by atoms with Crippen molar-refractivity contribution in [2.75, 3.05) is 18.9 Å². The molecular formula is C115H120ClN13O19. The highest BCUT2D eigenvalue weighted by Gasteiger charge is 2.25. The summed E-state index contributed by atoms with van der Waals surface area (Å²) in [7, 11) is 0. The van der Waals surface area contributed by atoms with Crippen molar-refractivity contribution in [2.45, 2.75) is 180 Å². The molecule has 0 saturated heterocycles. The van der Waals surface area contributed by atoms with E-state index in [9.17, 15) is 77.0 Å². The van der Waals surface area contributed by atoms with Gasteiger partial charge in [-0.25, -0.2) is 43.3 Å². The molecule has 0 bridgehead atoms. The Kier molecular flexibility index (Phi) is 40.2. The summed E-state index contributed by atoms with van der Waals surface area (Å²) < 4.78 is 21.6. The number of aliphatic hydroxyl groups excluding tert-OH is 1. The lowest BCUT2D eigenvalue weighted by molar-refractivity contribution is 0.0478. The number of aliphatic hydroxyl groups is 1. The average molecular weight is 2020 g/mol. The molecule has 148 heavy (non-hydrogen) atoms. The molecule has 0 unspecified atom stereocenters. The quantitative estimate of drug-likeness (QED) is 0.0113. The lowest BCUT2D eigenvalue weighted by atomic mass is 10.1. The molecule has 0 atom stereocenters. The molecule has 0 saturated carbocycles. The van der Waals surface area contributed by atoms with E-state index in [-0.39, 0.29) is 113 Å². The number of aryl methyl sites for hydroxylation is 10. The van der Waals surface area contributed by atoms with Crippen LogP contribution in [0.25, 0.3) is 11.0 Å². The molecule has 6 aromatic heterocycles. The number of H-pyrrole nitrogens is 2. The van der Waals surface area contributed by atoms with E-state index in [0.29, 0.717) is 18.9 Å². The van der Waals surface area contributed by atoms with Crippen LogP contribution in [0.1, 0.15) is 205 Å². The third kappa shape index (κ3) is 31.7. The Bertz CT molecular complexity index is 7800. The number of anilines is 1. The van der Waals surface area contributed by atoms with Gasteiger partial charge in [0.1, 0.15) is 22.8 Å². The van der Waals surface area contributed by atoms with Gasteiger partial charge in [0.15, 0.2) is 5.78 Å². The number of hydrogen-bond donors (Lipinski definition) is 5. The van der Waals surface area contributed by atoms with Crippen molar-refractivity contribution >= 4 is 57.5 Å². The van der Waals surface area contributed by atoms with Gasteiger partial charge >= 0.3 is 46.4 Å². The highest BCUT2D eigenvalue weighted by molar-refractivity contribution is 6.67. The number of carboxylic acids is 1. The van der Waals surface area contributed by atoms with E-state index in [1.807, 2.05) is 328 Å². The highest BCUT2D eigenvalue weighted by atomic mass is 35.5. The number of nitrogens with two attached hydrogens (primary N) is 1. The lowest BCUT2D eigenvalue weighted by Gasteiger charge is -2.16. The number of rotatable bonds is 32. The first-order valence-electron chi connectivity index (χ1n) is 48.2. The number of fused-ring (bicyclic) bond motifs is 1. The van der Waals surface area contributed by atoms with Gasteiger partial charge in [-0.2, -0.15) is 0 Å². The van der Waals surface area contributed by atoms with Gasteiger partial charge in [0, 0.05) is 43.3 Å². The number of carboxylic acid groups (broad SMARTS) is 1. The summed E-state index contributed by atoms with van der Waals surface area (Å²) in [5, 5.41) is 17.2. The van der Waals surface area contributed by atoms with E-state index in [0.717, 1.165) is 168 Å². The minimum Gasteiger partial charge on any atom is -0.477 e. The van der Waals surface area contributed by atoms with Crippen molar-refractivity contribution in [1.29, 1.82) is 0 Å². The number of para-hydroxylation sites is 2. The van der Waals surface area contributed by atoms with Gasteiger partial charge in [-0.15, -0.1) is 0 Å². The van der Waals surface area contributed by atoms with Crippen LogP contribution in [0.5, 0.6) is 0 Å². The van der Waals surface area contributed by atoms with Crippen LogP contribution in [0.15, 0.2) is 321 Å². The first-order chi connectivity index (χ1) is 70.8. The maximum Gasteiger partial charge on any atom is 0.355 e. The van der Waals surface area contributed by atoms with Gasteiger partial charge in [-0.05, 0) is 155 Å². The van der Waals surface area contributed by atoms with E-state index in [1.165, 1.54) is 36.0 Å². The zero-order valence-electron chi connectivity index (χ0n) is 84.5. The van der Waals surface area contributed by atoms with Gasteiger partial charge in [-0.1, -0.05) is 307 Å². The maximum absolute atomic E-state index is 13.7. The fourth-order valence-corrected chi connectivity index (χ4v) is 15.5. The third-order valence-electron chi connectivity index (χ3n) is 23.9. The van der Waals surface area contributed by atoms with Crippen LogP contribution in [0, 0.1) is 62.3 Å². The monoisotopic (exact) mass is 2020 g/mol. The molecule has 0 fully saturated rings. The van der Waals surface area contributed by atoms with Crippen molar-refractivity contribution in [1.82, 2.24) is 56.1 Å². The standard InChI is InChI=1S/C31H31N5O3.C25H28N2O4.C21H19ClN2O3.C21H20N2O4.C9H12N2O4.C8H10O/c1-21-9-13-23(14-10-21)19-35-27(18-29(38)36(31(35)39)20-24-15-11-22(2)12-16-24)28(37)8-5-17-34-26-7-4-3-6-25(26)33-30(34)32;1-4-5-14-31-24(29)22-15-23(28)27(17-21-12-8-19(3)9-13-21)25(30)26(22)16-20-10-6-18(2)7-11-20;1-14-3-7-16(8-4-14)12-23-18(20(22)26)11-19(25)24(21(23)27)13-17-9-5-15(2)6-10-17;1-14-3-7-16(8-4-14)12-22-18(20(25)26)11-19(24)23(21(22)27)13-17-9-5-15(2)6-10-17;1-2-3-4-15-8(13)6-5-7(12)11-9(14)10-6;1-7-2-4-8(6-9)5-3-7/h3-4,6-7,9-16,18H,5,8,17,19-20H2,1-2H3,(H2,32,33);6-13,15H,4-5,14,16-17H2,1-3H3;3-11H,12-13H2,1-2H3;3-11H,12-13H2,1-2H3,(H,25,26);5H,2-4H2,1H3,(H2,10,11,12,14);2-5,9H,6H2,1H3. The minimum atomic E-state index is -1.31. The van der Waals surface area contributed by atoms with Crippen LogP contribution in [-0.4, -0.2) is 108 Å². The van der Waals surface area contributed by atoms with Crippen LogP contribution in [0.4, 0.5) is 5.95 Å². The molecule has 0 radical (unpaired) electrons. The normalized spacial score (nSPS) is 10.7. The van der Waals surface area contributed by atoms with E-state index in [1.54, 1.807) is 0 Å². The van der Waals surface area contributed by atoms with Crippen LogP contribution in [0.2, 0.25) is 0 Å². The number of halogens is 1. The first kappa shape index (κ1) is 111. The zero-order valence-corrected chi connectivity index (χ0v) is 85.2. The molecule has 0 amide bonds. The number of unbranched alkanes of at least 4 members (excludes halogenated alkanes) is 2. The SMILES string of the molecule is CCCCOC(=O)c1cc(=O)[nH]c(=O)[nH]1.CCCCOC(=O)c1cc(=O)n(Cc2ccc(C)cc2)c(=O)n1Cc1ccc(C)cc1.Cc1ccc(CO)cc1.Cc1ccc(Cn2c(C(=O)CCCn3c(N)nc4ccccc43)cc(=O)n(Cc3ccc(C)cc3)c2=O)cc1.Cc1ccc(Cn2c(C(=O)Cl)cc(=O)n(Cc3ccc(C)cc3)c2=O)cc1.Cc1ccc(Cn2c(C(=O)O)cc(=O)n(Cc3ccc(C)cc3)c2=O)cc1. The predicted molar refractivity (Wildman–Crippen MR) is 572 cm³/mol. The Morgan fingerprint density at radius 3 is 0.939 bits per heavy atom. The fraction of sp³-hybridized carbons (Fsp3) is 0.252. The number of esters is 2. The smallest absolute Gasteiger partial charge is 0.355 e. The number of aromatic nitrogens is 12. The van der Waals surface area contributed by atoms with Crippen molar-refractivity contribution < 1.29 is 43.7 Å². The van der Waals surface area contributed by atoms with Crippen LogP contribution < -0.4 is 62.0 Å². The number of ketones is 1. The molecule has 0 aliphatic rings. The molecule has 0 spiro atoms. The minimum absolute atomic E-state index is 0.0214. The summed E-state index contributed by atoms with van der Waals surface area (Å²) in [5.74, 6) is -2.52. The Hall–Kier alpha value is -17.1. The summed E-state index contributed by atoms with van der Waals surface area (Å²) in [5.41, 5.74) is 19.1. The van der Waals surface area contributed by atoms with E-state index < -0.39 is 79.4 Å². The van der Waals surface area contributed by atoms with Gasteiger partial charge < -0.3 is 35.0 Å². The van der Waals surface area contributed by atoms with Crippen molar-refractivity contribution in [3.63, 3.8) is 0 Å². The number of hydrogen-bond acceptors (Lipinski definition) is 20. The summed E-state index contributed by atoms with van der Waals surface area (Å²) >= 11 is 5.63. The van der Waals surface area contributed by atoms with Crippen LogP contribution in [0.3, 0.4) is 0 Å². The van der Waals surface area contributed by atoms with Crippen molar-refractivity contribution in [3.05, 3.63) is 506 Å². The van der Waals surface area contributed by atoms with E-state index >= 15 is 0 Å². The maximum atomic E-state index is 13.7. The molecule has 6 N–H and O–H groups in total. The second-order valence-corrected chi connectivity index (χ2v) is 36.4. The number of imidazole rings is 1. The Morgan fingerprint density at radius 2 is 0.622 bits per heavy atom. The molecule has 0 aliphatic heterocycles. The second kappa shape index (κ2) is 53.5. The number of nitrogen functional groups attached to an aromatic ring is 1. The summed E-state index contributed by atoms with van der Waals surface area (Å²) in [6.07, 6.45) is 3.88. The predicted octanol–water partition coefficient (Wildman–Crippen LogP) is 15.0. The van der Waals surface area contributed by atoms with Gasteiger partial charge in [-0.3, -0.25) is 75.1 Å². The number of Topliss-reactive ketones (excluding diaryl/α,β-unsaturated/α-hetero) is 1. The number of aromatic carboxylic acids is 1. The number of carbonyl (C=O) groups excluding carboxylic acids is 4. The number of ether oxygens (including phenoxy) is 2. The topological polar surface area (TPSA) is 430 Å². The average Bonchev–Trinajstić information content (AvgIpc) is 0.796. The number of nitrogens with zero attached hydrogens (tertiary/aromatic N) is 10. The molecule has 32 nitrogen and oxygen atoms in total. The lowest BCUT2D eigenvalue weighted by Crippen LogP contribution is -2.42. The van der Waals surface area contributed by atoms with Crippen molar-refractivity contribution in [2.24, 2.45) is 0 Å². The Morgan fingerprint density at radius 1 is 0.338 bits per heavy atom. The van der Waals surface area contributed by atoms with Crippen LogP contribution >= 0.6 is 11.6 Å². The second-order valence-electron chi connectivity index (χ2n) is 36.0. The van der Waals surface area contributed by atoms with E-state index in [2.05, 4.69) is 9.97 Å².